The second kappa shape index (κ2) is 8.41. The first-order valence-electron chi connectivity index (χ1n) is 8.83. The minimum Gasteiger partial charge on any atom is -0.330 e. The normalized spacial score (nSPS) is 19.6. The van der Waals surface area contributed by atoms with Crippen LogP contribution in [0.4, 0.5) is 10.5 Å². The van der Waals surface area contributed by atoms with E-state index in [4.69, 9.17) is 28.9 Å². The van der Waals surface area contributed by atoms with Gasteiger partial charge < -0.3 is 10.6 Å². The largest absolute Gasteiger partial charge is 0.332 e. The first-order chi connectivity index (χ1) is 13.3. The van der Waals surface area contributed by atoms with E-state index in [1.54, 1.807) is 30.0 Å². The van der Waals surface area contributed by atoms with Gasteiger partial charge in [0.05, 0.1) is 5.69 Å². The van der Waals surface area contributed by atoms with Crippen LogP contribution in [-0.4, -0.2) is 35.5 Å². The van der Waals surface area contributed by atoms with Crippen molar-refractivity contribution in [1.29, 1.82) is 0 Å². The molecule has 0 saturated carbocycles. The van der Waals surface area contributed by atoms with Gasteiger partial charge in [-0.2, -0.15) is 0 Å². The van der Waals surface area contributed by atoms with Crippen LogP contribution >= 0.6 is 39.1 Å². The van der Waals surface area contributed by atoms with Crippen LogP contribution in [-0.2, 0) is 11.2 Å². The van der Waals surface area contributed by atoms with Crippen LogP contribution < -0.4 is 10.6 Å². The van der Waals surface area contributed by atoms with Crippen LogP contribution in [0.25, 0.3) is 0 Å². The quantitative estimate of drug-likeness (QED) is 0.594. The number of nitrogens with two attached hydrogens (primary N) is 1. The molecule has 1 atom stereocenters. The van der Waals surface area contributed by atoms with Gasteiger partial charge in [0.15, 0.2) is 0 Å². The number of nitrogens with zero attached hydrogens (tertiary/aromatic N) is 2. The zero-order valence-corrected chi connectivity index (χ0v) is 18.4. The summed E-state index contributed by atoms with van der Waals surface area (Å²) in [6.45, 7) is 2.60. The molecule has 1 saturated heterocycles. The molecule has 2 N–H and O–H groups in total. The molecular formula is C20H20BrCl2N3O2. The fraction of sp³-hybridized carbons (Fsp3) is 0.300. The van der Waals surface area contributed by atoms with E-state index in [1.165, 1.54) is 0 Å². The lowest BCUT2D eigenvalue weighted by molar-refractivity contribution is -0.124. The van der Waals surface area contributed by atoms with Gasteiger partial charge in [-0.25, -0.2) is 9.69 Å². The zero-order chi connectivity index (χ0) is 20.5. The van der Waals surface area contributed by atoms with Crippen molar-refractivity contribution in [1.82, 2.24) is 4.90 Å². The van der Waals surface area contributed by atoms with Crippen molar-refractivity contribution >= 4 is 56.8 Å². The lowest BCUT2D eigenvalue weighted by atomic mass is 9.91. The van der Waals surface area contributed by atoms with Gasteiger partial charge in [0, 0.05) is 27.5 Å². The number of rotatable bonds is 6. The molecular weight excluding hydrogens is 465 g/mol. The maximum Gasteiger partial charge on any atom is 0.332 e. The minimum atomic E-state index is -1.03. The van der Waals surface area contributed by atoms with E-state index in [0.29, 0.717) is 41.7 Å². The fourth-order valence-corrected chi connectivity index (χ4v) is 4.21. The van der Waals surface area contributed by atoms with Crippen LogP contribution in [0.2, 0.25) is 10.0 Å². The lowest BCUT2D eigenvalue weighted by Gasteiger charge is -2.31. The number of amides is 3. The summed E-state index contributed by atoms with van der Waals surface area (Å²) in [5.74, 6) is -0.309. The fourth-order valence-electron chi connectivity index (χ4n) is 3.43. The van der Waals surface area contributed by atoms with Gasteiger partial charge in [0.1, 0.15) is 5.54 Å². The predicted octanol–water partition coefficient (Wildman–Crippen LogP) is 4.87. The monoisotopic (exact) mass is 483 g/mol. The third-order valence-corrected chi connectivity index (χ3v) is 5.80. The predicted molar refractivity (Wildman–Crippen MR) is 116 cm³/mol. The first-order valence-corrected chi connectivity index (χ1v) is 10.4. The summed E-state index contributed by atoms with van der Waals surface area (Å²) in [7, 11) is 0. The average Bonchev–Trinajstić information content (AvgIpc) is 2.80. The Bertz CT molecular complexity index is 887. The van der Waals surface area contributed by atoms with Crippen LogP contribution in [0.5, 0.6) is 0 Å². The second-order valence-corrected chi connectivity index (χ2v) is 8.71. The van der Waals surface area contributed by atoms with Crippen LogP contribution in [0.15, 0.2) is 46.9 Å². The molecule has 3 amide bonds. The molecule has 8 heteroatoms. The smallest absolute Gasteiger partial charge is 0.330 e. The summed E-state index contributed by atoms with van der Waals surface area (Å²) in [5, 5.41) is 0.719. The van der Waals surface area contributed by atoms with Gasteiger partial charge in [-0.1, -0.05) is 51.3 Å². The molecule has 148 valence electrons. The topological polar surface area (TPSA) is 66.6 Å². The van der Waals surface area contributed by atoms with Crippen molar-refractivity contribution in [2.24, 2.45) is 5.73 Å². The van der Waals surface area contributed by atoms with E-state index in [0.717, 1.165) is 14.9 Å². The minimum absolute atomic E-state index is 0.309. The number of benzene rings is 2. The van der Waals surface area contributed by atoms with Crippen LogP contribution in [0, 0.1) is 0 Å². The Morgan fingerprint density at radius 3 is 2.25 bits per heavy atom. The summed E-state index contributed by atoms with van der Waals surface area (Å²) >= 11 is 15.6. The molecule has 0 aliphatic carbocycles. The molecule has 0 aromatic heterocycles. The third kappa shape index (κ3) is 4.06. The van der Waals surface area contributed by atoms with E-state index in [2.05, 4.69) is 15.9 Å². The van der Waals surface area contributed by atoms with Crippen LogP contribution in [0.1, 0.15) is 18.9 Å². The molecule has 3 rings (SSSR count). The molecule has 1 heterocycles. The van der Waals surface area contributed by atoms with Gasteiger partial charge in [-0.3, -0.25) is 4.79 Å². The molecule has 5 nitrogen and oxygen atoms in total. The summed E-state index contributed by atoms with van der Waals surface area (Å²) in [5.41, 5.74) is 5.94. The van der Waals surface area contributed by atoms with Crippen molar-refractivity contribution in [2.45, 2.75) is 25.3 Å². The second-order valence-electron chi connectivity index (χ2n) is 6.92. The van der Waals surface area contributed by atoms with Crippen LogP contribution in [0.3, 0.4) is 0 Å². The Labute approximate surface area is 182 Å². The number of carbonyl (C=O) groups excluding carboxylic acids is 2. The number of carbonyl (C=O) groups is 2. The number of halogens is 3. The van der Waals surface area contributed by atoms with E-state index in [-0.39, 0.29) is 5.91 Å². The maximum absolute atomic E-state index is 13.4. The van der Waals surface area contributed by atoms with Crippen molar-refractivity contribution in [3.63, 3.8) is 0 Å². The molecule has 0 bridgehead atoms. The van der Waals surface area contributed by atoms with E-state index in [1.807, 2.05) is 24.3 Å². The van der Waals surface area contributed by atoms with E-state index < -0.39 is 11.6 Å². The molecule has 2 aromatic carbocycles. The van der Waals surface area contributed by atoms with Crippen molar-refractivity contribution in [3.05, 3.63) is 62.5 Å². The highest BCUT2D eigenvalue weighted by Gasteiger charge is 2.54. The molecule has 0 spiro atoms. The Morgan fingerprint density at radius 1 is 1.07 bits per heavy atom. The zero-order valence-electron chi connectivity index (χ0n) is 15.3. The van der Waals surface area contributed by atoms with Gasteiger partial charge in [0.25, 0.3) is 5.91 Å². The third-order valence-electron chi connectivity index (χ3n) is 4.83. The lowest BCUT2D eigenvalue weighted by Crippen LogP contribution is -2.49. The summed E-state index contributed by atoms with van der Waals surface area (Å²) in [6, 6.07) is 12.0. The highest BCUT2D eigenvalue weighted by Crippen LogP contribution is 2.37. The molecule has 0 radical (unpaired) electrons. The molecule has 1 aliphatic rings. The number of hydrogen-bond donors (Lipinski definition) is 1. The van der Waals surface area contributed by atoms with E-state index in [9.17, 15) is 9.59 Å². The van der Waals surface area contributed by atoms with Crippen molar-refractivity contribution in [2.75, 3.05) is 18.0 Å². The standard InChI is InChI=1S/C20H20BrCl2N3O2/c1-20(12-13-3-5-14(21)6-4-13)18(27)26(19(28)25(20)8-2-7-24)17-10-15(22)9-16(23)11-17/h3-6,9-11H,2,7-8,12,24H2,1H3/t20-/m1/s1. The maximum atomic E-state index is 13.4. The molecule has 1 aliphatic heterocycles. The first kappa shape index (κ1) is 21.1. The SMILES string of the molecule is C[C@@]1(Cc2ccc(Br)cc2)C(=O)N(c2cc(Cl)cc(Cl)c2)C(=O)N1CCCN. The van der Waals surface area contributed by atoms with Crippen molar-refractivity contribution < 1.29 is 9.59 Å². The Kier molecular flexibility index (Phi) is 6.34. The van der Waals surface area contributed by atoms with Crippen molar-refractivity contribution in [3.8, 4) is 0 Å². The Balaban J connectivity index is 2.02. The summed E-state index contributed by atoms with van der Waals surface area (Å²) in [6.07, 6.45) is 0.985. The van der Waals surface area contributed by atoms with E-state index >= 15 is 0 Å². The number of anilines is 1. The van der Waals surface area contributed by atoms with Gasteiger partial charge in [-0.05, 0) is 55.8 Å². The highest BCUT2D eigenvalue weighted by molar-refractivity contribution is 9.10. The Morgan fingerprint density at radius 2 is 1.68 bits per heavy atom. The number of hydrogen-bond acceptors (Lipinski definition) is 3. The number of urea groups is 1. The summed E-state index contributed by atoms with van der Waals surface area (Å²) in [4.78, 5) is 29.4. The Hall–Kier alpha value is -1.60. The number of imide groups is 1. The van der Waals surface area contributed by atoms with Gasteiger partial charge in [0.2, 0.25) is 0 Å². The van der Waals surface area contributed by atoms with Gasteiger partial charge >= 0.3 is 6.03 Å². The molecule has 2 aromatic rings. The summed E-state index contributed by atoms with van der Waals surface area (Å²) < 4.78 is 0.949. The van der Waals surface area contributed by atoms with Gasteiger partial charge in [-0.15, -0.1) is 0 Å². The molecule has 1 fully saturated rings. The highest BCUT2D eigenvalue weighted by atomic mass is 79.9. The molecule has 28 heavy (non-hydrogen) atoms. The molecule has 0 unspecified atom stereocenters. The average molecular weight is 485 g/mol.